The quantitative estimate of drug-likeness (QED) is 0.845. The summed E-state index contributed by atoms with van der Waals surface area (Å²) in [5.41, 5.74) is 0.852. The van der Waals surface area contributed by atoms with Gasteiger partial charge in [0.2, 0.25) is 0 Å². The summed E-state index contributed by atoms with van der Waals surface area (Å²) in [6, 6.07) is 5.01. The highest BCUT2D eigenvalue weighted by molar-refractivity contribution is 5.34. The van der Waals surface area contributed by atoms with E-state index in [9.17, 15) is 4.39 Å². The van der Waals surface area contributed by atoms with Crippen molar-refractivity contribution >= 4 is 0 Å². The minimum Gasteiger partial charge on any atom is -0.490 e. The van der Waals surface area contributed by atoms with Crippen LogP contribution in [0.25, 0.3) is 0 Å². The topological polar surface area (TPSA) is 30.5 Å². The molecule has 100 valence electrons. The molecule has 0 bridgehead atoms. The number of para-hydroxylation sites is 1. The number of ether oxygens (including phenoxy) is 2. The van der Waals surface area contributed by atoms with E-state index in [0.717, 1.165) is 31.4 Å². The van der Waals surface area contributed by atoms with Crippen molar-refractivity contribution in [1.29, 1.82) is 0 Å². The first-order valence-corrected chi connectivity index (χ1v) is 6.47. The van der Waals surface area contributed by atoms with Crippen LogP contribution in [0.4, 0.5) is 4.39 Å². The molecule has 1 aliphatic heterocycles. The van der Waals surface area contributed by atoms with Gasteiger partial charge < -0.3 is 14.8 Å². The monoisotopic (exact) mass is 253 g/mol. The SMILES string of the molecule is CNCc1cccc(F)c1OCCC1CCCO1. The first-order chi connectivity index (χ1) is 8.81. The normalized spacial score (nSPS) is 19.1. The second-order valence-corrected chi connectivity index (χ2v) is 4.53. The highest BCUT2D eigenvalue weighted by Crippen LogP contribution is 2.23. The zero-order chi connectivity index (χ0) is 12.8. The molecule has 1 aromatic carbocycles. The predicted octanol–water partition coefficient (Wildman–Crippen LogP) is 2.49. The molecule has 1 unspecified atom stereocenters. The molecule has 2 rings (SSSR count). The Labute approximate surface area is 107 Å². The zero-order valence-corrected chi connectivity index (χ0v) is 10.7. The Morgan fingerprint density at radius 1 is 1.50 bits per heavy atom. The molecule has 0 radical (unpaired) electrons. The molecule has 1 aliphatic rings. The van der Waals surface area contributed by atoms with Crippen molar-refractivity contribution in [1.82, 2.24) is 5.32 Å². The van der Waals surface area contributed by atoms with Gasteiger partial charge >= 0.3 is 0 Å². The minimum absolute atomic E-state index is 0.282. The van der Waals surface area contributed by atoms with Crippen molar-refractivity contribution in [3.05, 3.63) is 29.6 Å². The van der Waals surface area contributed by atoms with Crippen LogP contribution in [0.2, 0.25) is 0 Å². The summed E-state index contributed by atoms with van der Waals surface area (Å²) >= 11 is 0. The third-order valence-electron chi connectivity index (χ3n) is 3.13. The second-order valence-electron chi connectivity index (χ2n) is 4.53. The van der Waals surface area contributed by atoms with Gasteiger partial charge in [-0.05, 0) is 26.0 Å². The summed E-state index contributed by atoms with van der Waals surface area (Å²) in [5.74, 6) is 0.0694. The molecule has 3 nitrogen and oxygen atoms in total. The van der Waals surface area contributed by atoms with Gasteiger partial charge in [0.25, 0.3) is 0 Å². The zero-order valence-electron chi connectivity index (χ0n) is 10.7. The molecule has 1 saturated heterocycles. The first-order valence-electron chi connectivity index (χ1n) is 6.47. The predicted molar refractivity (Wildman–Crippen MR) is 68.2 cm³/mol. The summed E-state index contributed by atoms with van der Waals surface area (Å²) < 4.78 is 24.8. The van der Waals surface area contributed by atoms with Crippen molar-refractivity contribution in [2.24, 2.45) is 0 Å². The van der Waals surface area contributed by atoms with Gasteiger partial charge in [0.1, 0.15) is 0 Å². The molecule has 0 spiro atoms. The molecule has 1 heterocycles. The number of rotatable bonds is 6. The van der Waals surface area contributed by atoms with Crippen LogP contribution in [-0.2, 0) is 11.3 Å². The molecule has 0 amide bonds. The lowest BCUT2D eigenvalue weighted by atomic mass is 10.2. The summed E-state index contributed by atoms with van der Waals surface area (Å²) in [5, 5.41) is 3.01. The standard InChI is InChI=1S/C14H20FNO2/c1-16-10-11-4-2-6-13(15)14(11)18-9-7-12-5-3-8-17-12/h2,4,6,12,16H,3,5,7-10H2,1H3. The number of hydrogen-bond acceptors (Lipinski definition) is 3. The Morgan fingerprint density at radius 3 is 3.11 bits per heavy atom. The van der Waals surface area contributed by atoms with Crippen LogP contribution in [-0.4, -0.2) is 26.4 Å². The largest absolute Gasteiger partial charge is 0.490 e. The Balaban J connectivity index is 1.90. The fourth-order valence-electron chi connectivity index (χ4n) is 2.21. The number of benzene rings is 1. The van der Waals surface area contributed by atoms with E-state index < -0.39 is 0 Å². The van der Waals surface area contributed by atoms with Crippen molar-refractivity contribution in [3.63, 3.8) is 0 Å². The second kappa shape index (κ2) is 6.71. The maximum atomic E-state index is 13.7. The van der Waals surface area contributed by atoms with Gasteiger partial charge in [-0.2, -0.15) is 0 Å². The lowest BCUT2D eigenvalue weighted by Crippen LogP contribution is -2.13. The molecule has 1 aromatic rings. The van der Waals surface area contributed by atoms with Crippen LogP contribution in [0.15, 0.2) is 18.2 Å². The van der Waals surface area contributed by atoms with Crippen LogP contribution in [0, 0.1) is 5.82 Å². The molecule has 1 fully saturated rings. The van der Waals surface area contributed by atoms with Crippen molar-refractivity contribution in [3.8, 4) is 5.75 Å². The summed E-state index contributed by atoms with van der Waals surface area (Å²) in [4.78, 5) is 0. The molecular formula is C14H20FNO2. The fraction of sp³-hybridized carbons (Fsp3) is 0.571. The smallest absolute Gasteiger partial charge is 0.165 e. The first kappa shape index (κ1) is 13.3. The molecular weight excluding hydrogens is 233 g/mol. The Kier molecular flexibility index (Phi) is 4.96. The maximum absolute atomic E-state index is 13.7. The average molecular weight is 253 g/mol. The molecule has 0 saturated carbocycles. The van der Waals surface area contributed by atoms with Gasteiger partial charge in [-0.1, -0.05) is 12.1 Å². The van der Waals surface area contributed by atoms with E-state index in [1.807, 2.05) is 13.1 Å². The fourth-order valence-corrected chi connectivity index (χ4v) is 2.21. The molecule has 1 N–H and O–H groups in total. The van der Waals surface area contributed by atoms with E-state index in [1.54, 1.807) is 6.07 Å². The van der Waals surface area contributed by atoms with Crippen LogP contribution >= 0.6 is 0 Å². The lowest BCUT2D eigenvalue weighted by molar-refractivity contribution is 0.0895. The highest BCUT2D eigenvalue weighted by atomic mass is 19.1. The Morgan fingerprint density at radius 2 is 2.39 bits per heavy atom. The van der Waals surface area contributed by atoms with E-state index in [4.69, 9.17) is 9.47 Å². The number of halogens is 1. The van der Waals surface area contributed by atoms with E-state index in [1.165, 1.54) is 6.07 Å². The molecule has 4 heteroatoms. The van der Waals surface area contributed by atoms with Crippen LogP contribution in [0.1, 0.15) is 24.8 Å². The third-order valence-corrected chi connectivity index (χ3v) is 3.13. The van der Waals surface area contributed by atoms with Gasteiger partial charge in [-0.25, -0.2) is 4.39 Å². The van der Waals surface area contributed by atoms with Crippen molar-refractivity contribution in [2.45, 2.75) is 31.9 Å². The van der Waals surface area contributed by atoms with Crippen LogP contribution in [0.3, 0.4) is 0 Å². The van der Waals surface area contributed by atoms with E-state index in [-0.39, 0.29) is 11.9 Å². The van der Waals surface area contributed by atoms with Gasteiger partial charge in [0.15, 0.2) is 11.6 Å². The van der Waals surface area contributed by atoms with Gasteiger partial charge in [-0.15, -0.1) is 0 Å². The van der Waals surface area contributed by atoms with E-state index in [2.05, 4.69) is 5.32 Å². The summed E-state index contributed by atoms with van der Waals surface area (Å²) in [7, 11) is 1.83. The minimum atomic E-state index is -0.296. The van der Waals surface area contributed by atoms with Gasteiger partial charge in [-0.3, -0.25) is 0 Å². The van der Waals surface area contributed by atoms with Gasteiger partial charge in [0.05, 0.1) is 12.7 Å². The summed E-state index contributed by atoms with van der Waals surface area (Å²) in [6.07, 6.45) is 3.32. The molecule has 1 atom stereocenters. The number of nitrogens with one attached hydrogen (secondary N) is 1. The highest BCUT2D eigenvalue weighted by Gasteiger charge is 2.16. The third kappa shape index (κ3) is 3.43. The van der Waals surface area contributed by atoms with Gasteiger partial charge in [0, 0.05) is 25.1 Å². The lowest BCUT2D eigenvalue weighted by Gasteiger charge is -2.14. The van der Waals surface area contributed by atoms with E-state index >= 15 is 0 Å². The number of hydrogen-bond donors (Lipinski definition) is 1. The molecule has 0 aromatic heterocycles. The van der Waals surface area contributed by atoms with Crippen LogP contribution < -0.4 is 10.1 Å². The average Bonchev–Trinajstić information content (AvgIpc) is 2.86. The Hall–Kier alpha value is -1.13. The molecule has 18 heavy (non-hydrogen) atoms. The molecule has 0 aliphatic carbocycles. The summed E-state index contributed by atoms with van der Waals surface area (Å²) in [6.45, 7) is 1.95. The Bertz CT molecular complexity index is 378. The van der Waals surface area contributed by atoms with Crippen LogP contribution in [0.5, 0.6) is 5.75 Å². The van der Waals surface area contributed by atoms with Crippen molar-refractivity contribution < 1.29 is 13.9 Å². The van der Waals surface area contributed by atoms with E-state index in [0.29, 0.717) is 18.9 Å². The van der Waals surface area contributed by atoms with Crippen molar-refractivity contribution in [2.75, 3.05) is 20.3 Å². The maximum Gasteiger partial charge on any atom is 0.165 e.